The van der Waals surface area contributed by atoms with Crippen LogP contribution in [0.1, 0.15) is 5.56 Å². The van der Waals surface area contributed by atoms with E-state index in [4.69, 9.17) is 9.47 Å². The van der Waals surface area contributed by atoms with Crippen molar-refractivity contribution in [2.75, 3.05) is 7.11 Å². The number of esters is 1. The number of benzene rings is 2. The Morgan fingerprint density at radius 1 is 0.947 bits per heavy atom. The molecule has 0 saturated carbocycles. The van der Waals surface area contributed by atoms with E-state index in [0.717, 1.165) is 11.3 Å². The molecule has 0 fully saturated rings. The van der Waals surface area contributed by atoms with Crippen LogP contribution in [0, 0.1) is 0 Å². The van der Waals surface area contributed by atoms with Gasteiger partial charge in [0.2, 0.25) is 0 Å². The predicted molar refractivity (Wildman–Crippen MR) is 74.1 cm³/mol. The zero-order valence-corrected chi connectivity index (χ0v) is 10.6. The molecule has 0 aliphatic carbocycles. The normalized spacial score (nSPS) is 10.4. The SMILES string of the molecule is COc1ccc(OC(=O)/C=C/c2ccccc2)cc1. The molecule has 0 radical (unpaired) electrons. The van der Waals surface area contributed by atoms with E-state index in [2.05, 4.69) is 0 Å². The fourth-order valence-corrected chi connectivity index (χ4v) is 1.52. The maximum Gasteiger partial charge on any atom is 0.336 e. The summed E-state index contributed by atoms with van der Waals surface area (Å²) in [4.78, 5) is 11.6. The Hall–Kier alpha value is -2.55. The lowest BCUT2D eigenvalue weighted by molar-refractivity contribution is -0.128. The van der Waals surface area contributed by atoms with Gasteiger partial charge in [0.15, 0.2) is 0 Å². The molecule has 2 rings (SSSR count). The van der Waals surface area contributed by atoms with Crippen LogP contribution >= 0.6 is 0 Å². The molecule has 2 aromatic rings. The molecule has 0 saturated heterocycles. The van der Waals surface area contributed by atoms with Gasteiger partial charge in [0, 0.05) is 6.08 Å². The number of methoxy groups -OCH3 is 1. The van der Waals surface area contributed by atoms with Gasteiger partial charge in [0.1, 0.15) is 11.5 Å². The van der Waals surface area contributed by atoms with E-state index in [9.17, 15) is 4.79 Å². The van der Waals surface area contributed by atoms with Gasteiger partial charge in [-0.2, -0.15) is 0 Å². The molecule has 0 atom stereocenters. The molecule has 0 aromatic heterocycles. The Bertz CT molecular complexity index is 556. The summed E-state index contributed by atoms with van der Waals surface area (Å²) in [6.45, 7) is 0. The fourth-order valence-electron chi connectivity index (χ4n) is 1.52. The summed E-state index contributed by atoms with van der Waals surface area (Å²) in [6.07, 6.45) is 3.12. The van der Waals surface area contributed by atoms with Crippen LogP contribution in [0.2, 0.25) is 0 Å². The van der Waals surface area contributed by atoms with Crippen LogP contribution in [0.3, 0.4) is 0 Å². The van der Waals surface area contributed by atoms with Crippen molar-refractivity contribution in [3.05, 3.63) is 66.2 Å². The van der Waals surface area contributed by atoms with Crippen LogP contribution in [-0.4, -0.2) is 13.1 Å². The zero-order chi connectivity index (χ0) is 13.5. The molecular weight excluding hydrogens is 240 g/mol. The van der Waals surface area contributed by atoms with E-state index in [1.807, 2.05) is 30.3 Å². The van der Waals surface area contributed by atoms with Gasteiger partial charge in [-0.3, -0.25) is 0 Å². The first-order valence-corrected chi connectivity index (χ1v) is 5.87. The molecule has 3 heteroatoms. The number of hydrogen-bond acceptors (Lipinski definition) is 3. The van der Waals surface area contributed by atoms with Gasteiger partial charge in [-0.1, -0.05) is 30.3 Å². The lowest BCUT2D eigenvalue weighted by Gasteiger charge is -2.02. The van der Waals surface area contributed by atoms with Gasteiger partial charge in [0.25, 0.3) is 0 Å². The van der Waals surface area contributed by atoms with E-state index in [1.54, 1.807) is 37.5 Å². The molecule has 2 aromatic carbocycles. The van der Waals surface area contributed by atoms with Crippen LogP contribution in [0.25, 0.3) is 6.08 Å². The number of carbonyl (C=O) groups is 1. The summed E-state index contributed by atoms with van der Waals surface area (Å²) in [7, 11) is 1.59. The lowest BCUT2D eigenvalue weighted by atomic mass is 10.2. The van der Waals surface area contributed by atoms with Crippen molar-refractivity contribution in [3.63, 3.8) is 0 Å². The summed E-state index contributed by atoms with van der Waals surface area (Å²) in [5, 5.41) is 0. The Balaban J connectivity index is 1.95. The fraction of sp³-hybridized carbons (Fsp3) is 0.0625. The maximum atomic E-state index is 11.6. The van der Waals surface area contributed by atoms with Gasteiger partial charge in [0.05, 0.1) is 7.11 Å². The van der Waals surface area contributed by atoms with Crippen molar-refractivity contribution >= 4 is 12.0 Å². The molecule has 19 heavy (non-hydrogen) atoms. The highest BCUT2D eigenvalue weighted by Gasteiger charge is 2.00. The third kappa shape index (κ3) is 4.00. The molecule has 0 amide bonds. The van der Waals surface area contributed by atoms with Crippen LogP contribution in [0.5, 0.6) is 11.5 Å². The second kappa shape index (κ2) is 6.40. The number of rotatable bonds is 4. The second-order valence-corrected chi connectivity index (χ2v) is 3.84. The molecule has 0 aliphatic heterocycles. The summed E-state index contributed by atoms with van der Waals surface area (Å²) in [5.74, 6) is 0.803. The highest BCUT2D eigenvalue weighted by molar-refractivity contribution is 5.88. The first-order chi connectivity index (χ1) is 9.28. The summed E-state index contributed by atoms with van der Waals surface area (Å²) >= 11 is 0. The van der Waals surface area contributed by atoms with E-state index in [-0.39, 0.29) is 0 Å². The van der Waals surface area contributed by atoms with Crippen molar-refractivity contribution in [1.29, 1.82) is 0 Å². The monoisotopic (exact) mass is 254 g/mol. The summed E-state index contributed by atoms with van der Waals surface area (Å²) in [5.41, 5.74) is 0.953. The predicted octanol–water partition coefficient (Wildman–Crippen LogP) is 3.31. The second-order valence-electron chi connectivity index (χ2n) is 3.84. The molecule has 0 spiro atoms. The number of carbonyl (C=O) groups excluding carboxylic acids is 1. The smallest absolute Gasteiger partial charge is 0.336 e. The molecule has 0 unspecified atom stereocenters. The van der Waals surface area contributed by atoms with Crippen molar-refractivity contribution in [3.8, 4) is 11.5 Å². The topological polar surface area (TPSA) is 35.5 Å². The minimum atomic E-state index is -0.408. The molecule has 0 bridgehead atoms. The van der Waals surface area contributed by atoms with E-state index in [1.165, 1.54) is 6.08 Å². The highest BCUT2D eigenvalue weighted by atomic mass is 16.5. The Labute approximate surface area is 112 Å². The zero-order valence-electron chi connectivity index (χ0n) is 10.6. The number of ether oxygens (including phenoxy) is 2. The quantitative estimate of drug-likeness (QED) is 0.477. The maximum absolute atomic E-state index is 11.6. The Morgan fingerprint density at radius 3 is 2.21 bits per heavy atom. The van der Waals surface area contributed by atoms with Crippen molar-refractivity contribution < 1.29 is 14.3 Å². The Morgan fingerprint density at radius 2 is 1.58 bits per heavy atom. The molecule has 0 aliphatic rings. The van der Waals surface area contributed by atoms with E-state index >= 15 is 0 Å². The highest BCUT2D eigenvalue weighted by Crippen LogP contribution is 2.17. The Kier molecular flexibility index (Phi) is 4.34. The molecule has 96 valence electrons. The van der Waals surface area contributed by atoms with E-state index < -0.39 is 5.97 Å². The molecule has 3 nitrogen and oxygen atoms in total. The van der Waals surface area contributed by atoms with Gasteiger partial charge >= 0.3 is 5.97 Å². The average molecular weight is 254 g/mol. The minimum absolute atomic E-state index is 0.408. The van der Waals surface area contributed by atoms with E-state index in [0.29, 0.717) is 5.75 Å². The van der Waals surface area contributed by atoms with Gasteiger partial charge in [-0.05, 0) is 35.9 Å². The minimum Gasteiger partial charge on any atom is -0.497 e. The molecular formula is C16H14O3. The van der Waals surface area contributed by atoms with Gasteiger partial charge in [-0.25, -0.2) is 4.79 Å². The number of hydrogen-bond donors (Lipinski definition) is 0. The summed E-state index contributed by atoms with van der Waals surface area (Å²) in [6, 6.07) is 16.4. The largest absolute Gasteiger partial charge is 0.497 e. The summed E-state index contributed by atoms with van der Waals surface area (Å²) < 4.78 is 10.2. The average Bonchev–Trinajstić information content (AvgIpc) is 2.47. The third-order valence-electron chi connectivity index (χ3n) is 2.49. The van der Waals surface area contributed by atoms with Crippen LogP contribution in [0.15, 0.2) is 60.7 Å². The van der Waals surface area contributed by atoms with Crippen LogP contribution in [-0.2, 0) is 4.79 Å². The van der Waals surface area contributed by atoms with Gasteiger partial charge in [-0.15, -0.1) is 0 Å². The van der Waals surface area contributed by atoms with Gasteiger partial charge < -0.3 is 9.47 Å². The van der Waals surface area contributed by atoms with Crippen LogP contribution < -0.4 is 9.47 Å². The lowest BCUT2D eigenvalue weighted by Crippen LogP contribution is -2.03. The van der Waals surface area contributed by atoms with Crippen molar-refractivity contribution in [2.45, 2.75) is 0 Å². The first kappa shape index (κ1) is 12.9. The first-order valence-electron chi connectivity index (χ1n) is 5.87. The molecule has 0 heterocycles. The van der Waals surface area contributed by atoms with Crippen molar-refractivity contribution in [1.82, 2.24) is 0 Å². The molecule has 0 N–H and O–H groups in total. The third-order valence-corrected chi connectivity index (χ3v) is 2.49. The van der Waals surface area contributed by atoms with Crippen LogP contribution in [0.4, 0.5) is 0 Å². The standard InChI is InChI=1S/C16H14O3/c1-18-14-8-10-15(11-9-14)19-16(17)12-7-13-5-3-2-4-6-13/h2-12H,1H3/b12-7+. The van der Waals surface area contributed by atoms with Crippen molar-refractivity contribution in [2.24, 2.45) is 0 Å².